The highest BCUT2D eigenvalue weighted by Crippen LogP contribution is 2.28. The molecule has 2 saturated heterocycles. The summed E-state index contributed by atoms with van der Waals surface area (Å²) in [6.07, 6.45) is 4.29. The molecule has 3 nitrogen and oxygen atoms in total. The molecule has 104 valence electrons. The fraction of sp³-hybridized carbons (Fsp3) is 0.625. The van der Waals surface area contributed by atoms with Gasteiger partial charge < -0.3 is 15.4 Å². The lowest BCUT2D eigenvalue weighted by Gasteiger charge is -2.21. The SMILES string of the molecule is NCC1CCC(CN2CCC(c3ccccc3)C2)O1. The van der Waals surface area contributed by atoms with Crippen molar-refractivity contribution in [1.82, 2.24) is 4.90 Å². The van der Waals surface area contributed by atoms with Crippen LogP contribution in [0.3, 0.4) is 0 Å². The average molecular weight is 260 g/mol. The number of benzene rings is 1. The van der Waals surface area contributed by atoms with Crippen LogP contribution in [0.25, 0.3) is 0 Å². The Kier molecular flexibility index (Phi) is 4.16. The van der Waals surface area contributed by atoms with Gasteiger partial charge in [0.25, 0.3) is 0 Å². The van der Waals surface area contributed by atoms with Gasteiger partial charge in [-0.2, -0.15) is 0 Å². The zero-order valence-electron chi connectivity index (χ0n) is 11.5. The summed E-state index contributed by atoms with van der Waals surface area (Å²) >= 11 is 0. The summed E-state index contributed by atoms with van der Waals surface area (Å²) < 4.78 is 5.95. The molecule has 2 fully saturated rings. The molecule has 2 aliphatic rings. The van der Waals surface area contributed by atoms with Crippen LogP contribution in [0, 0.1) is 0 Å². The minimum absolute atomic E-state index is 0.303. The van der Waals surface area contributed by atoms with Gasteiger partial charge in [-0.3, -0.25) is 0 Å². The number of ether oxygens (including phenoxy) is 1. The van der Waals surface area contributed by atoms with Crippen molar-refractivity contribution in [3.8, 4) is 0 Å². The maximum Gasteiger partial charge on any atom is 0.0707 e. The van der Waals surface area contributed by atoms with Gasteiger partial charge in [0.15, 0.2) is 0 Å². The van der Waals surface area contributed by atoms with E-state index in [9.17, 15) is 0 Å². The zero-order valence-corrected chi connectivity index (χ0v) is 11.5. The van der Waals surface area contributed by atoms with Gasteiger partial charge in [0.05, 0.1) is 12.2 Å². The van der Waals surface area contributed by atoms with E-state index in [0.717, 1.165) is 13.0 Å². The first kappa shape index (κ1) is 13.1. The minimum atomic E-state index is 0.303. The number of hydrogen-bond donors (Lipinski definition) is 1. The molecule has 2 heterocycles. The van der Waals surface area contributed by atoms with Gasteiger partial charge >= 0.3 is 0 Å². The largest absolute Gasteiger partial charge is 0.372 e. The van der Waals surface area contributed by atoms with Crippen molar-refractivity contribution >= 4 is 0 Å². The Labute approximate surface area is 115 Å². The first-order valence-electron chi connectivity index (χ1n) is 7.48. The average Bonchev–Trinajstić information content (AvgIpc) is 3.09. The van der Waals surface area contributed by atoms with E-state index in [1.54, 1.807) is 0 Å². The molecule has 3 heteroatoms. The van der Waals surface area contributed by atoms with Gasteiger partial charge in [-0.05, 0) is 37.3 Å². The molecule has 2 N–H and O–H groups in total. The maximum atomic E-state index is 5.95. The number of rotatable bonds is 4. The van der Waals surface area contributed by atoms with Crippen molar-refractivity contribution in [1.29, 1.82) is 0 Å². The van der Waals surface area contributed by atoms with Crippen molar-refractivity contribution in [2.24, 2.45) is 5.73 Å². The van der Waals surface area contributed by atoms with E-state index in [0.29, 0.717) is 24.7 Å². The van der Waals surface area contributed by atoms with Crippen molar-refractivity contribution in [3.05, 3.63) is 35.9 Å². The first-order valence-corrected chi connectivity index (χ1v) is 7.48. The van der Waals surface area contributed by atoms with Crippen LogP contribution < -0.4 is 5.73 Å². The number of nitrogens with two attached hydrogens (primary N) is 1. The Hall–Kier alpha value is -0.900. The molecule has 0 spiro atoms. The summed E-state index contributed by atoms with van der Waals surface area (Å²) in [4.78, 5) is 2.56. The molecule has 0 bridgehead atoms. The van der Waals surface area contributed by atoms with E-state index < -0.39 is 0 Å². The van der Waals surface area contributed by atoms with E-state index in [1.807, 2.05) is 0 Å². The summed E-state index contributed by atoms with van der Waals surface area (Å²) in [6.45, 7) is 4.13. The molecular formula is C16H24N2O. The molecule has 3 unspecified atom stereocenters. The summed E-state index contributed by atoms with van der Waals surface area (Å²) in [6, 6.07) is 10.9. The van der Waals surface area contributed by atoms with Crippen molar-refractivity contribution < 1.29 is 4.74 Å². The molecular weight excluding hydrogens is 236 g/mol. The van der Waals surface area contributed by atoms with Gasteiger partial charge in [-0.25, -0.2) is 0 Å². The van der Waals surface area contributed by atoms with E-state index in [-0.39, 0.29) is 0 Å². The monoisotopic (exact) mass is 260 g/mol. The van der Waals surface area contributed by atoms with E-state index >= 15 is 0 Å². The second kappa shape index (κ2) is 6.04. The van der Waals surface area contributed by atoms with Crippen LogP contribution in [0.2, 0.25) is 0 Å². The molecule has 1 aromatic carbocycles. The van der Waals surface area contributed by atoms with Crippen LogP contribution in [0.1, 0.15) is 30.7 Å². The number of nitrogens with zero attached hydrogens (tertiary/aromatic N) is 1. The molecule has 19 heavy (non-hydrogen) atoms. The van der Waals surface area contributed by atoms with Crippen molar-refractivity contribution in [3.63, 3.8) is 0 Å². The standard InChI is InChI=1S/C16H24N2O/c17-10-15-6-7-16(19-15)12-18-9-8-14(11-18)13-4-2-1-3-5-13/h1-5,14-16H,6-12,17H2. The smallest absolute Gasteiger partial charge is 0.0707 e. The van der Waals surface area contributed by atoms with Crippen LogP contribution in [-0.2, 0) is 4.74 Å². The Morgan fingerprint density at radius 3 is 2.63 bits per heavy atom. The fourth-order valence-corrected chi connectivity index (χ4v) is 3.37. The van der Waals surface area contributed by atoms with Crippen LogP contribution in [0.4, 0.5) is 0 Å². The molecule has 1 aromatic rings. The first-order chi connectivity index (χ1) is 9.35. The lowest BCUT2D eigenvalue weighted by molar-refractivity contribution is 0.0312. The van der Waals surface area contributed by atoms with Crippen molar-refractivity contribution in [2.45, 2.75) is 37.4 Å². The molecule has 2 aliphatic heterocycles. The highest BCUT2D eigenvalue weighted by atomic mass is 16.5. The Balaban J connectivity index is 1.50. The molecule has 0 saturated carbocycles. The minimum Gasteiger partial charge on any atom is -0.372 e. The fourth-order valence-electron chi connectivity index (χ4n) is 3.37. The second-order valence-corrected chi connectivity index (χ2v) is 5.85. The summed E-state index contributed by atoms with van der Waals surface area (Å²) in [7, 11) is 0. The summed E-state index contributed by atoms with van der Waals surface area (Å²) in [5.41, 5.74) is 7.15. The van der Waals surface area contributed by atoms with E-state index in [4.69, 9.17) is 10.5 Å². The second-order valence-electron chi connectivity index (χ2n) is 5.85. The summed E-state index contributed by atoms with van der Waals surface area (Å²) in [5, 5.41) is 0. The Morgan fingerprint density at radius 2 is 1.89 bits per heavy atom. The Morgan fingerprint density at radius 1 is 1.11 bits per heavy atom. The number of hydrogen-bond acceptors (Lipinski definition) is 3. The van der Waals surface area contributed by atoms with Gasteiger partial charge in [-0.1, -0.05) is 30.3 Å². The molecule has 0 amide bonds. The number of likely N-dealkylation sites (tertiary alicyclic amines) is 1. The maximum absolute atomic E-state index is 5.95. The van der Waals surface area contributed by atoms with Crippen molar-refractivity contribution in [2.75, 3.05) is 26.2 Å². The van der Waals surface area contributed by atoms with E-state index in [2.05, 4.69) is 35.2 Å². The highest BCUT2D eigenvalue weighted by Gasteiger charge is 2.29. The van der Waals surface area contributed by atoms with Crippen LogP contribution in [0.15, 0.2) is 30.3 Å². The zero-order chi connectivity index (χ0) is 13.1. The van der Waals surface area contributed by atoms with Gasteiger partial charge in [0.2, 0.25) is 0 Å². The quantitative estimate of drug-likeness (QED) is 0.899. The van der Waals surface area contributed by atoms with Gasteiger partial charge in [0, 0.05) is 19.6 Å². The lowest BCUT2D eigenvalue weighted by Crippen LogP contribution is -2.31. The third kappa shape index (κ3) is 3.16. The van der Waals surface area contributed by atoms with Crippen LogP contribution >= 0.6 is 0 Å². The molecule has 0 radical (unpaired) electrons. The third-order valence-electron chi connectivity index (χ3n) is 4.46. The van der Waals surface area contributed by atoms with Gasteiger partial charge in [-0.15, -0.1) is 0 Å². The Bertz CT molecular complexity index is 395. The van der Waals surface area contributed by atoms with Crippen LogP contribution in [-0.4, -0.2) is 43.3 Å². The normalized spacial score (nSPS) is 31.9. The predicted octanol–water partition coefficient (Wildman–Crippen LogP) is 1.98. The molecule has 3 rings (SSSR count). The third-order valence-corrected chi connectivity index (χ3v) is 4.46. The highest BCUT2D eigenvalue weighted by molar-refractivity contribution is 5.21. The van der Waals surface area contributed by atoms with Crippen LogP contribution in [0.5, 0.6) is 0 Å². The molecule has 0 aromatic heterocycles. The summed E-state index contributed by atoms with van der Waals surface area (Å²) in [5.74, 6) is 0.702. The predicted molar refractivity (Wildman–Crippen MR) is 77.2 cm³/mol. The van der Waals surface area contributed by atoms with E-state index in [1.165, 1.54) is 31.5 Å². The molecule has 0 aliphatic carbocycles. The molecule has 3 atom stereocenters. The lowest BCUT2D eigenvalue weighted by atomic mass is 9.99. The van der Waals surface area contributed by atoms with Gasteiger partial charge in [0.1, 0.15) is 0 Å². The topological polar surface area (TPSA) is 38.5 Å².